The zero-order valence-corrected chi connectivity index (χ0v) is 11.7. The molecule has 18 heavy (non-hydrogen) atoms. The lowest BCUT2D eigenvalue weighted by molar-refractivity contribution is 0.636. The summed E-state index contributed by atoms with van der Waals surface area (Å²) in [5.74, 6) is 0. The molecule has 0 fully saturated rings. The molecule has 1 nitrogen and oxygen atoms in total. The third kappa shape index (κ3) is 1.33. The van der Waals surface area contributed by atoms with Crippen molar-refractivity contribution in [1.82, 2.24) is 0 Å². The van der Waals surface area contributed by atoms with Gasteiger partial charge in [-0.3, -0.25) is 0 Å². The van der Waals surface area contributed by atoms with Gasteiger partial charge in [0.2, 0.25) is 0 Å². The molecule has 0 atom stereocenters. The van der Waals surface area contributed by atoms with Crippen molar-refractivity contribution in [3.63, 3.8) is 0 Å². The Kier molecular flexibility index (Phi) is 2.41. The van der Waals surface area contributed by atoms with E-state index in [9.17, 15) is 0 Å². The number of aryl methyl sites for hydroxylation is 1. The van der Waals surface area contributed by atoms with Crippen LogP contribution < -0.4 is 4.90 Å². The molecule has 1 aliphatic carbocycles. The second-order valence-corrected chi connectivity index (χ2v) is 5.83. The van der Waals surface area contributed by atoms with E-state index < -0.39 is 0 Å². The van der Waals surface area contributed by atoms with Crippen LogP contribution in [0.3, 0.4) is 0 Å². The quantitative estimate of drug-likeness (QED) is 0.653. The zero-order chi connectivity index (χ0) is 12.9. The van der Waals surface area contributed by atoms with Gasteiger partial charge in [0.15, 0.2) is 0 Å². The van der Waals surface area contributed by atoms with E-state index >= 15 is 0 Å². The number of fused-ring (bicyclic) bond motifs is 3. The van der Waals surface area contributed by atoms with Gasteiger partial charge in [-0.05, 0) is 42.5 Å². The van der Waals surface area contributed by atoms with Crippen molar-refractivity contribution in [3.8, 4) is 0 Å². The monoisotopic (exact) mass is 239 g/mol. The number of rotatable bonds is 0. The van der Waals surface area contributed by atoms with E-state index in [4.69, 9.17) is 0 Å². The van der Waals surface area contributed by atoms with Gasteiger partial charge in [-0.1, -0.05) is 38.1 Å². The van der Waals surface area contributed by atoms with Crippen LogP contribution in [0.15, 0.2) is 30.0 Å². The molecule has 0 unspecified atom stereocenters. The van der Waals surface area contributed by atoms with Crippen LogP contribution in [-0.4, -0.2) is 7.05 Å². The van der Waals surface area contributed by atoms with Crippen LogP contribution in [0.2, 0.25) is 0 Å². The number of anilines is 1. The molecule has 0 saturated carbocycles. The molecule has 1 aromatic rings. The van der Waals surface area contributed by atoms with Gasteiger partial charge in [0, 0.05) is 23.8 Å². The van der Waals surface area contributed by atoms with Gasteiger partial charge in [-0.15, -0.1) is 0 Å². The fourth-order valence-corrected chi connectivity index (χ4v) is 3.67. The Labute approximate surface area is 110 Å². The average Bonchev–Trinajstić information content (AvgIpc) is 2.56. The summed E-state index contributed by atoms with van der Waals surface area (Å²) < 4.78 is 0. The van der Waals surface area contributed by atoms with E-state index in [0.717, 1.165) is 0 Å². The van der Waals surface area contributed by atoms with Crippen molar-refractivity contribution in [2.75, 3.05) is 11.9 Å². The summed E-state index contributed by atoms with van der Waals surface area (Å²) >= 11 is 0. The maximum absolute atomic E-state index is 2.35. The molecule has 0 aromatic heterocycles. The fourth-order valence-electron chi connectivity index (χ4n) is 3.67. The molecule has 3 rings (SSSR count). The van der Waals surface area contributed by atoms with E-state index in [1.54, 1.807) is 0 Å². The van der Waals surface area contributed by atoms with E-state index in [-0.39, 0.29) is 5.41 Å². The predicted molar refractivity (Wildman–Crippen MR) is 79.0 cm³/mol. The van der Waals surface area contributed by atoms with Crippen LogP contribution in [0.5, 0.6) is 0 Å². The molecule has 1 aliphatic heterocycles. The molecule has 1 heteroatoms. The third-order valence-electron chi connectivity index (χ3n) is 4.44. The second-order valence-electron chi connectivity index (χ2n) is 5.83. The summed E-state index contributed by atoms with van der Waals surface area (Å²) in [6.45, 7) is 6.82. The third-order valence-corrected chi connectivity index (χ3v) is 4.44. The molecule has 0 bridgehead atoms. The highest BCUT2D eigenvalue weighted by molar-refractivity contribution is 5.78. The van der Waals surface area contributed by atoms with Crippen LogP contribution in [0.1, 0.15) is 43.9 Å². The topological polar surface area (TPSA) is 3.24 Å². The molecule has 1 heterocycles. The Balaban J connectivity index is 2.32. The summed E-state index contributed by atoms with van der Waals surface area (Å²) in [6, 6.07) is 4.61. The number of benzene rings is 1. The first-order chi connectivity index (χ1) is 8.57. The number of hydrogen-bond donors (Lipinski definition) is 0. The standard InChI is InChI=1S/C17H21N/c1-5-15-17(2,3)16-13-9-7-6-8-12(13)10-11-14(16)18(15)4/h5,7,9-11H,6,8H2,1-4H3. The Morgan fingerprint density at radius 3 is 2.78 bits per heavy atom. The van der Waals surface area contributed by atoms with Gasteiger partial charge in [0.05, 0.1) is 0 Å². The van der Waals surface area contributed by atoms with Gasteiger partial charge in [0.1, 0.15) is 0 Å². The molecule has 2 aliphatic rings. The van der Waals surface area contributed by atoms with Gasteiger partial charge in [-0.25, -0.2) is 0 Å². The Bertz CT molecular complexity index is 561. The molecule has 0 N–H and O–H groups in total. The normalized spacial score (nSPS) is 22.2. The first-order valence-corrected chi connectivity index (χ1v) is 6.80. The van der Waals surface area contributed by atoms with Gasteiger partial charge in [0.25, 0.3) is 0 Å². The van der Waals surface area contributed by atoms with Crippen LogP contribution >= 0.6 is 0 Å². The molecule has 1 aromatic carbocycles. The SMILES string of the molecule is CC=C1N(C)c2ccc3c(c2C1(C)C)C=CCC3. The Morgan fingerprint density at radius 1 is 1.28 bits per heavy atom. The number of likely N-dealkylation sites (N-methyl/N-ethyl adjacent to an activating group) is 1. The summed E-state index contributed by atoms with van der Waals surface area (Å²) in [5, 5.41) is 0. The van der Waals surface area contributed by atoms with Crippen molar-refractivity contribution in [2.45, 2.75) is 39.0 Å². The minimum atomic E-state index is 0.117. The van der Waals surface area contributed by atoms with Crippen molar-refractivity contribution < 1.29 is 0 Å². The first-order valence-electron chi connectivity index (χ1n) is 6.80. The lowest BCUT2D eigenvalue weighted by Crippen LogP contribution is -2.23. The smallest absolute Gasteiger partial charge is 0.0454 e. The Morgan fingerprint density at radius 2 is 2.06 bits per heavy atom. The summed E-state index contributed by atoms with van der Waals surface area (Å²) in [6.07, 6.45) is 9.25. The minimum Gasteiger partial charge on any atom is -0.347 e. The highest BCUT2D eigenvalue weighted by Gasteiger charge is 2.40. The first kappa shape index (κ1) is 11.6. The minimum absolute atomic E-state index is 0.117. The summed E-state index contributed by atoms with van der Waals surface area (Å²) in [5.41, 5.74) is 7.38. The van der Waals surface area contributed by atoms with Crippen molar-refractivity contribution in [2.24, 2.45) is 0 Å². The van der Waals surface area contributed by atoms with Crippen molar-refractivity contribution >= 4 is 11.8 Å². The van der Waals surface area contributed by atoms with E-state index in [1.165, 1.54) is 40.9 Å². The van der Waals surface area contributed by atoms with E-state index in [1.807, 2.05) is 0 Å². The van der Waals surface area contributed by atoms with E-state index in [2.05, 4.69) is 63.1 Å². The number of nitrogens with zero attached hydrogens (tertiary/aromatic N) is 1. The zero-order valence-electron chi connectivity index (χ0n) is 11.7. The van der Waals surface area contributed by atoms with Crippen molar-refractivity contribution in [3.05, 3.63) is 46.7 Å². The predicted octanol–water partition coefficient (Wildman–Crippen LogP) is 4.28. The average molecular weight is 239 g/mol. The maximum atomic E-state index is 2.35. The molecule has 0 spiro atoms. The van der Waals surface area contributed by atoms with Crippen LogP contribution in [0.25, 0.3) is 6.08 Å². The largest absolute Gasteiger partial charge is 0.347 e. The van der Waals surface area contributed by atoms with Gasteiger partial charge >= 0.3 is 0 Å². The van der Waals surface area contributed by atoms with Crippen LogP contribution in [0, 0.1) is 0 Å². The fraction of sp³-hybridized carbons (Fsp3) is 0.412. The summed E-state index contributed by atoms with van der Waals surface area (Å²) in [7, 11) is 2.18. The highest BCUT2D eigenvalue weighted by Crippen LogP contribution is 2.50. The molecular weight excluding hydrogens is 218 g/mol. The maximum Gasteiger partial charge on any atom is 0.0454 e. The Hall–Kier alpha value is -1.50. The second kappa shape index (κ2) is 3.74. The summed E-state index contributed by atoms with van der Waals surface area (Å²) in [4.78, 5) is 2.35. The van der Waals surface area contributed by atoms with Crippen LogP contribution in [-0.2, 0) is 11.8 Å². The number of allylic oxidation sites excluding steroid dienone is 3. The van der Waals surface area contributed by atoms with E-state index in [0.29, 0.717) is 0 Å². The van der Waals surface area contributed by atoms with Gasteiger partial charge in [-0.2, -0.15) is 0 Å². The molecule has 0 amide bonds. The lowest BCUT2D eigenvalue weighted by atomic mass is 9.78. The van der Waals surface area contributed by atoms with Crippen molar-refractivity contribution in [1.29, 1.82) is 0 Å². The molecular formula is C17H21N. The van der Waals surface area contributed by atoms with Gasteiger partial charge < -0.3 is 4.90 Å². The molecule has 0 saturated heterocycles. The lowest BCUT2D eigenvalue weighted by Gasteiger charge is -2.25. The highest BCUT2D eigenvalue weighted by atomic mass is 15.2. The molecule has 0 radical (unpaired) electrons. The van der Waals surface area contributed by atoms with Crippen LogP contribution in [0.4, 0.5) is 5.69 Å². The molecule has 94 valence electrons. The number of hydrogen-bond acceptors (Lipinski definition) is 1.